The molecule has 2 aromatic carbocycles. The van der Waals surface area contributed by atoms with Crippen molar-refractivity contribution >= 4 is 16.3 Å². The number of sulfonamides is 1. The van der Waals surface area contributed by atoms with Gasteiger partial charge in [-0.15, -0.1) is 0 Å². The van der Waals surface area contributed by atoms with Gasteiger partial charge in [0.1, 0.15) is 5.69 Å². The van der Waals surface area contributed by atoms with Gasteiger partial charge >= 0.3 is 0 Å². The molecule has 0 aliphatic rings. The number of benzene rings is 2. The number of aldehydes is 1. The van der Waals surface area contributed by atoms with Crippen molar-refractivity contribution < 1.29 is 13.2 Å². The Morgan fingerprint density at radius 2 is 1.64 bits per heavy atom. The van der Waals surface area contributed by atoms with Crippen LogP contribution in [0.5, 0.6) is 0 Å². The molecule has 0 bridgehead atoms. The summed E-state index contributed by atoms with van der Waals surface area (Å²) in [4.78, 5) is 11.6. The quantitative estimate of drug-likeness (QED) is 0.660. The Kier molecular flexibility index (Phi) is 4.52. The number of carbonyl (C=O) groups is 1. The largest absolute Gasteiger partial charge is 0.298 e. The minimum Gasteiger partial charge on any atom is -0.298 e. The van der Waals surface area contributed by atoms with Gasteiger partial charge < -0.3 is 0 Å². The second-order valence-corrected chi connectivity index (χ2v) is 7.79. The summed E-state index contributed by atoms with van der Waals surface area (Å²) in [5.74, 6) is 0. The van der Waals surface area contributed by atoms with E-state index in [-0.39, 0.29) is 4.90 Å². The summed E-state index contributed by atoms with van der Waals surface area (Å²) in [5, 5.41) is 4.47. The van der Waals surface area contributed by atoms with Crippen LogP contribution >= 0.6 is 0 Å². The third kappa shape index (κ3) is 3.24. The Morgan fingerprint density at radius 1 is 1.00 bits per heavy atom. The predicted molar refractivity (Wildman–Crippen MR) is 95.3 cm³/mol. The molecule has 6 nitrogen and oxygen atoms in total. The van der Waals surface area contributed by atoms with Crippen LogP contribution in [0.1, 0.15) is 10.4 Å². The first-order valence-electron chi connectivity index (χ1n) is 7.56. The zero-order valence-electron chi connectivity index (χ0n) is 13.8. The molecule has 0 amide bonds. The Labute approximate surface area is 146 Å². The lowest BCUT2D eigenvalue weighted by Crippen LogP contribution is -2.22. The highest BCUT2D eigenvalue weighted by atomic mass is 32.2. The fourth-order valence-corrected chi connectivity index (χ4v) is 3.31. The van der Waals surface area contributed by atoms with Gasteiger partial charge in [0.2, 0.25) is 10.0 Å². The van der Waals surface area contributed by atoms with E-state index in [1.807, 2.05) is 30.3 Å². The van der Waals surface area contributed by atoms with Crippen LogP contribution in [0.4, 0.5) is 0 Å². The third-order valence-electron chi connectivity index (χ3n) is 3.80. The number of hydrogen-bond acceptors (Lipinski definition) is 4. The maximum Gasteiger partial charge on any atom is 0.242 e. The Balaban J connectivity index is 2.02. The van der Waals surface area contributed by atoms with Gasteiger partial charge in [-0.25, -0.2) is 17.4 Å². The molecule has 0 spiro atoms. The van der Waals surface area contributed by atoms with E-state index in [1.54, 1.807) is 23.0 Å². The smallest absolute Gasteiger partial charge is 0.242 e. The minimum atomic E-state index is -3.49. The van der Waals surface area contributed by atoms with Gasteiger partial charge in [0, 0.05) is 25.9 Å². The standard InChI is InChI=1S/C18H17N3O3S/c1-20(2)25(23,24)17-10-8-14(9-11-17)18-15(13-22)12-21(19-18)16-6-4-3-5-7-16/h3-13H,1-2H3. The summed E-state index contributed by atoms with van der Waals surface area (Å²) in [6, 6.07) is 15.8. The first kappa shape index (κ1) is 17.1. The molecular weight excluding hydrogens is 338 g/mol. The summed E-state index contributed by atoms with van der Waals surface area (Å²) in [7, 11) is -0.528. The van der Waals surface area contributed by atoms with Crippen molar-refractivity contribution in [3.8, 4) is 16.9 Å². The fraction of sp³-hybridized carbons (Fsp3) is 0.111. The number of carbonyl (C=O) groups excluding carboxylic acids is 1. The minimum absolute atomic E-state index is 0.191. The van der Waals surface area contributed by atoms with Gasteiger partial charge in [-0.05, 0) is 24.3 Å². The summed E-state index contributed by atoms with van der Waals surface area (Å²) < 4.78 is 27.1. The molecule has 128 valence electrons. The average molecular weight is 355 g/mol. The van der Waals surface area contributed by atoms with Crippen molar-refractivity contribution in [3.63, 3.8) is 0 Å². The topological polar surface area (TPSA) is 72.3 Å². The van der Waals surface area contributed by atoms with E-state index >= 15 is 0 Å². The Morgan fingerprint density at radius 3 is 2.20 bits per heavy atom. The van der Waals surface area contributed by atoms with E-state index in [1.165, 1.54) is 26.2 Å². The third-order valence-corrected chi connectivity index (χ3v) is 5.63. The zero-order chi connectivity index (χ0) is 18.0. The molecule has 0 N–H and O–H groups in total. The van der Waals surface area contributed by atoms with Crippen LogP contribution in [0.15, 0.2) is 65.7 Å². The molecule has 1 heterocycles. The van der Waals surface area contributed by atoms with Crippen LogP contribution in [0, 0.1) is 0 Å². The lowest BCUT2D eigenvalue weighted by atomic mass is 10.1. The van der Waals surface area contributed by atoms with Gasteiger partial charge in [0.15, 0.2) is 6.29 Å². The molecular formula is C18H17N3O3S. The first-order chi connectivity index (χ1) is 11.9. The monoisotopic (exact) mass is 355 g/mol. The van der Waals surface area contributed by atoms with Crippen molar-refractivity contribution in [2.24, 2.45) is 0 Å². The second kappa shape index (κ2) is 6.62. The predicted octanol–water partition coefficient (Wildman–Crippen LogP) is 2.60. The van der Waals surface area contributed by atoms with Crippen LogP contribution < -0.4 is 0 Å². The molecule has 3 aromatic rings. The zero-order valence-corrected chi connectivity index (χ0v) is 14.6. The van der Waals surface area contributed by atoms with Crippen LogP contribution in [0.2, 0.25) is 0 Å². The molecule has 0 aliphatic carbocycles. The molecule has 0 saturated carbocycles. The van der Waals surface area contributed by atoms with Crippen molar-refractivity contribution in [1.29, 1.82) is 0 Å². The fourth-order valence-electron chi connectivity index (χ4n) is 2.41. The molecule has 0 aliphatic heterocycles. The second-order valence-electron chi connectivity index (χ2n) is 5.64. The van der Waals surface area contributed by atoms with E-state index in [9.17, 15) is 13.2 Å². The molecule has 1 aromatic heterocycles. The van der Waals surface area contributed by atoms with Gasteiger partial charge in [-0.1, -0.05) is 30.3 Å². The Hall–Kier alpha value is -2.77. The van der Waals surface area contributed by atoms with Crippen LogP contribution in [0.3, 0.4) is 0 Å². The molecule has 0 fully saturated rings. The van der Waals surface area contributed by atoms with Crippen LogP contribution in [0.25, 0.3) is 16.9 Å². The number of para-hydroxylation sites is 1. The molecule has 25 heavy (non-hydrogen) atoms. The van der Waals surface area contributed by atoms with Crippen molar-refractivity contribution in [1.82, 2.24) is 14.1 Å². The highest BCUT2D eigenvalue weighted by molar-refractivity contribution is 7.89. The maximum atomic E-state index is 12.1. The summed E-state index contributed by atoms with van der Waals surface area (Å²) in [5.41, 5.74) is 2.46. The maximum absolute atomic E-state index is 12.1. The first-order valence-corrected chi connectivity index (χ1v) is 9.01. The highest BCUT2D eigenvalue weighted by Gasteiger charge is 2.18. The van der Waals surface area contributed by atoms with Crippen molar-refractivity contribution in [3.05, 3.63) is 66.4 Å². The van der Waals surface area contributed by atoms with E-state index in [2.05, 4.69) is 5.10 Å². The lowest BCUT2D eigenvalue weighted by molar-refractivity contribution is 0.112. The number of aromatic nitrogens is 2. The molecule has 0 saturated heterocycles. The normalized spacial score (nSPS) is 11.6. The number of hydrogen-bond donors (Lipinski definition) is 0. The summed E-state index contributed by atoms with van der Waals surface area (Å²) >= 11 is 0. The van der Waals surface area contributed by atoms with E-state index in [0.29, 0.717) is 16.8 Å². The summed E-state index contributed by atoms with van der Waals surface area (Å²) in [6.45, 7) is 0. The lowest BCUT2D eigenvalue weighted by Gasteiger charge is -2.11. The van der Waals surface area contributed by atoms with Crippen LogP contribution in [-0.2, 0) is 10.0 Å². The molecule has 0 unspecified atom stereocenters. The van der Waals surface area contributed by atoms with Gasteiger partial charge in [0.25, 0.3) is 0 Å². The van der Waals surface area contributed by atoms with E-state index in [4.69, 9.17) is 0 Å². The SMILES string of the molecule is CN(C)S(=O)(=O)c1ccc(-c2nn(-c3ccccc3)cc2C=O)cc1. The van der Waals surface area contributed by atoms with E-state index in [0.717, 1.165) is 16.3 Å². The van der Waals surface area contributed by atoms with Gasteiger partial charge in [-0.3, -0.25) is 4.79 Å². The Bertz CT molecular complexity index is 992. The van der Waals surface area contributed by atoms with Gasteiger partial charge in [-0.2, -0.15) is 5.10 Å². The number of rotatable bonds is 5. The molecule has 0 atom stereocenters. The molecule has 3 rings (SSSR count). The van der Waals surface area contributed by atoms with Crippen molar-refractivity contribution in [2.45, 2.75) is 4.90 Å². The molecule has 7 heteroatoms. The number of nitrogens with zero attached hydrogens (tertiary/aromatic N) is 3. The highest BCUT2D eigenvalue weighted by Crippen LogP contribution is 2.24. The summed E-state index contributed by atoms with van der Waals surface area (Å²) in [6.07, 6.45) is 2.40. The van der Waals surface area contributed by atoms with Crippen molar-refractivity contribution in [2.75, 3.05) is 14.1 Å². The molecule has 0 radical (unpaired) electrons. The van der Waals surface area contributed by atoms with Gasteiger partial charge in [0.05, 0.1) is 16.1 Å². The average Bonchev–Trinajstić information content (AvgIpc) is 3.07. The van der Waals surface area contributed by atoms with Crippen LogP contribution in [-0.4, -0.2) is 42.9 Å². The van der Waals surface area contributed by atoms with E-state index < -0.39 is 10.0 Å².